The Hall–Kier alpha value is -2.92. The van der Waals surface area contributed by atoms with Gasteiger partial charge in [-0.25, -0.2) is 9.97 Å². The molecule has 37 heavy (non-hydrogen) atoms. The van der Waals surface area contributed by atoms with Crippen LogP contribution in [-0.2, 0) is 4.79 Å². The van der Waals surface area contributed by atoms with E-state index in [-0.39, 0.29) is 17.6 Å². The quantitative estimate of drug-likeness (QED) is 0.553. The molecule has 0 radical (unpaired) electrons. The first kappa shape index (κ1) is 25.7. The lowest BCUT2D eigenvalue weighted by Gasteiger charge is -2.36. The van der Waals surface area contributed by atoms with Gasteiger partial charge in [-0.2, -0.15) is 0 Å². The molecule has 3 aliphatic rings. The van der Waals surface area contributed by atoms with Crippen LogP contribution in [0.4, 0.5) is 19.1 Å². The number of hydrogen-bond donors (Lipinski definition) is 2. The van der Waals surface area contributed by atoms with Crippen molar-refractivity contribution in [3.8, 4) is 5.75 Å². The molecule has 1 amide bonds. The maximum atomic E-state index is 13.6. The van der Waals surface area contributed by atoms with Crippen molar-refractivity contribution in [1.82, 2.24) is 20.2 Å². The molecule has 0 unspecified atom stereocenters. The van der Waals surface area contributed by atoms with Crippen LogP contribution < -0.4 is 15.0 Å². The van der Waals surface area contributed by atoms with Crippen molar-refractivity contribution in [2.24, 2.45) is 5.92 Å². The third-order valence-electron chi connectivity index (χ3n) is 7.43. The minimum absolute atomic E-state index is 0.0634. The molecule has 2 N–H and O–H groups in total. The van der Waals surface area contributed by atoms with Crippen molar-refractivity contribution in [1.29, 1.82) is 0 Å². The van der Waals surface area contributed by atoms with Crippen LogP contribution in [0.15, 0.2) is 30.5 Å². The molecule has 1 aromatic heterocycles. The second-order valence-corrected chi connectivity index (χ2v) is 10.2. The Balaban J connectivity index is 1.24. The number of rotatable bonds is 8. The Labute approximate surface area is 213 Å². The molecule has 2 fully saturated rings. The highest BCUT2D eigenvalue weighted by atomic mass is 19.4. The predicted octanol–water partition coefficient (Wildman–Crippen LogP) is 3.35. The lowest BCUT2D eigenvalue weighted by Crippen LogP contribution is -2.51. The fourth-order valence-electron chi connectivity index (χ4n) is 5.12. The van der Waals surface area contributed by atoms with E-state index in [0.717, 1.165) is 12.1 Å². The molecule has 2 aromatic rings. The summed E-state index contributed by atoms with van der Waals surface area (Å²) in [6.07, 6.45) is -0.540. The van der Waals surface area contributed by atoms with Crippen molar-refractivity contribution >= 4 is 11.9 Å². The van der Waals surface area contributed by atoms with E-state index in [1.54, 1.807) is 11.1 Å². The van der Waals surface area contributed by atoms with Gasteiger partial charge in [-0.1, -0.05) is 19.1 Å². The number of hydrogen-bond acceptors (Lipinski definition) is 7. The first-order valence-electron chi connectivity index (χ1n) is 12.8. The maximum Gasteiger partial charge on any atom is 0.573 e. The number of amides is 1. The van der Waals surface area contributed by atoms with Crippen LogP contribution >= 0.6 is 0 Å². The lowest BCUT2D eigenvalue weighted by molar-refractivity contribution is -0.274. The third-order valence-corrected chi connectivity index (χ3v) is 7.43. The molecule has 0 spiro atoms. The number of halogens is 3. The highest BCUT2D eigenvalue weighted by molar-refractivity contribution is 5.84. The second-order valence-electron chi connectivity index (χ2n) is 10.2. The zero-order chi connectivity index (χ0) is 26.2. The fourth-order valence-corrected chi connectivity index (χ4v) is 5.12. The van der Waals surface area contributed by atoms with Gasteiger partial charge in [0.25, 0.3) is 0 Å². The molecular formula is C26H32F3N5O3. The molecule has 1 saturated carbocycles. The van der Waals surface area contributed by atoms with Crippen molar-refractivity contribution in [3.05, 3.63) is 47.3 Å². The molecule has 2 heterocycles. The SMILES string of the molecule is C[C@@H]1C[C@@H](O)c2nc(N3CCN(C(=O)[C@H](CNCC4CC4)c4ccc(OC(F)(F)F)cc4)CC3)ncc21. The van der Waals surface area contributed by atoms with Gasteiger partial charge in [0.1, 0.15) is 5.75 Å². The van der Waals surface area contributed by atoms with Gasteiger partial charge in [0.05, 0.1) is 17.7 Å². The summed E-state index contributed by atoms with van der Waals surface area (Å²) in [4.78, 5) is 26.5. The summed E-state index contributed by atoms with van der Waals surface area (Å²) in [5.41, 5.74) is 2.32. The van der Waals surface area contributed by atoms with E-state index in [1.807, 2.05) is 4.90 Å². The van der Waals surface area contributed by atoms with Crippen molar-refractivity contribution < 1.29 is 27.8 Å². The summed E-state index contributed by atoms with van der Waals surface area (Å²) in [6, 6.07) is 5.57. The van der Waals surface area contributed by atoms with Gasteiger partial charge in [-0.15, -0.1) is 13.2 Å². The molecule has 200 valence electrons. The van der Waals surface area contributed by atoms with E-state index < -0.39 is 18.4 Å². The molecule has 2 aliphatic carbocycles. The lowest BCUT2D eigenvalue weighted by atomic mass is 9.96. The van der Waals surface area contributed by atoms with E-state index in [0.29, 0.717) is 62.3 Å². The number of nitrogens with one attached hydrogen (secondary N) is 1. The molecule has 5 rings (SSSR count). The number of anilines is 1. The summed E-state index contributed by atoms with van der Waals surface area (Å²) in [5, 5.41) is 13.7. The number of alkyl halides is 3. The topological polar surface area (TPSA) is 90.8 Å². The number of carbonyl (C=O) groups excluding carboxylic acids is 1. The molecule has 8 nitrogen and oxygen atoms in total. The van der Waals surface area contributed by atoms with Crippen LogP contribution in [0, 0.1) is 5.92 Å². The Bertz CT molecular complexity index is 1100. The average molecular weight is 520 g/mol. The summed E-state index contributed by atoms with van der Waals surface area (Å²) in [7, 11) is 0. The zero-order valence-electron chi connectivity index (χ0n) is 20.7. The van der Waals surface area contributed by atoms with Gasteiger partial charge >= 0.3 is 6.36 Å². The van der Waals surface area contributed by atoms with Gasteiger partial charge in [0.2, 0.25) is 11.9 Å². The minimum atomic E-state index is -4.76. The maximum absolute atomic E-state index is 13.6. The van der Waals surface area contributed by atoms with E-state index in [4.69, 9.17) is 0 Å². The van der Waals surface area contributed by atoms with Crippen LogP contribution in [0.3, 0.4) is 0 Å². The first-order chi connectivity index (χ1) is 17.7. The monoisotopic (exact) mass is 519 g/mol. The van der Waals surface area contributed by atoms with Crippen LogP contribution in [0.5, 0.6) is 5.75 Å². The standard InChI is InChI=1S/C26H32F3N5O3/c1-16-12-22(35)23-20(16)15-31-25(32-23)34-10-8-33(9-11-34)24(36)21(14-30-13-17-2-3-17)18-4-6-19(7-5-18)37-26(27,28)29/h4-7,15-17,21-22,30,35H,2-3,8-14H2,1H3/t16-,21-,22-/m1/s1. The zero-order valence-corrected chi connectivity index (χ0v) is 20.7. The number of piperazine rings is 1. The number of aliphatic hydroxyl groups excluding tert-OH is 1. The molecule has 1 saturated heterocycles. The number of nitrogens with zero attached hydrogens (tertiary/aromatic N) is 4. The fraction of sp³-hybridized carbons (Fsp3) is 0.577. The normalized spacial score (nSPS) is 22.6. The third kappa shape index (κ3) is 6.15. The number of ether oxygens (including phenoxy) is 1. The summed E-state index contributed by atoms with van der Waals surface area (Å²) in [5.74, 6) is 0.534. The first-order valence-corrected chi connectivity index (χ1v) is 12.8. The van der Waals surface area contributed by atoms with Gasteiger partial charge in [0, 0.05) is 38.9 Å². The highest BCUT2D eigenvalue weighted by Gasteiger charge is 2.34. The predicted molar refractivity (Wildman–Crippen MR) is 130 cm³/mol. The minimum Gasteiger partial charge on any atom is -0.406 e. The van der Waals surface area contributed by atoms with Crippen LogP contribution in [0.25, 0.3) is 0 Å². The van der Waals surface area contributed by atoms with Gasteiger partial charge in [-0.05, 0) is 60.9 Å². The van der Waals surface area contributed by atoms with Crippen molar-refractivity contribution in [2.75, 3.05) is 44.2 Å². The number of benzene rings is 1. The van der Waals surface area contributed by atoms with Crippen LogP contribution in [0.1, 0.15) is 60.9 Å². The van der Waals surface area contributed by atoms with Crippen molar-refractivity contribution in [3.63, 3.8) is 0 Å². The Morgan fingerprint density at radius 1 is 1.19 bits per heavy atom. The van der Waals surface area contributed by atoms with Crippen LogP contribution in [-0.4, -0.2) is 71.5 Å². The molecule has 1 aliphatic heterocycles. The molecule has 3 atom stereocenters. The van der Waals surface area contributed by atoms with Crippen LogP contribution in [0.2, 0.25) is 0 Å². The van der Waals surface area contributed by atoms with Gasteiger partial charge in [-0.3, -0.25) is 4.79 Å². The van der Waals surface area contributed by atoms with E-state index in [1.165, 1.54) is 37.1 Å². The average Bonchev–Trinajstić information content (AvgIpc) is 3.65. The number of aliphatic hydroxyl groups is 1. The molecule has 11 heteroatoms. The smallest absolute Gasteiger partial charge is 0.406 e. The second kappa shape index (κ2) is 10.4. The highest BCUT2D eigenvalue weighted by Crippen LogP contribution is 2.39. The summed E-state index contributed by atoms with van der Waals surface area (Å²) >= 11 is 0. The largest absolute Gasteiger partial charge is 0.573 e. The molecular weight excluding hydrogens is 487 g/mol. The van der Waals surface area contributed by atoms with E-state index in [9.17, 15) is 23.1 Å². The van der Waals surface area contributed by atoms with Gasteiger partial charge < -0.3 is 25.0 Å². The molecule has 1 aromatic carbocycles. The Morgan fingerprint density at radius 3 is 2.54 bits per heavy atom. The number of carbonyl (C=O) groups is 1. The van der Waals surface area contributed by atoms with E-state index in [2.05, 4.69) is 26.9 Å². The molecule has 0 bridgehead atoms. The number of aromatic nitrogens is 2. The summed E-state index contributed by atoms with van der Waals surface area (Å²) < 4.78 is 41.7. The van der Waals surface area contributed by atoms with Crippen molar-refractivity contribution in [2.45, 2.75) is 50.5 Å². The van der Waals surface area contributed by atoms with E-state index >= 15 is 0 Å². The van der Waals surface area contributed by atoms with Gasteiger partial charge in [0.15, 0.2) is 0 Å². The summed E-state index contributed by atoms with van der Waals surface area (Å²) in [6.45, 7) is 5.36. The Kier molecular flexibility index (Phi) is 7.26. The number of fused-ring (bicyclic) bond motifs is 1. The Morgan fingerprint density at radius 2 is 1.89 bits per heavy atom.